The molecule has 0 saturated heterocycles. The van der Waals surface area contributed by atoms with E-state index in [4.69, 9.17) is 15.3 Å². The van der Waals surface area contributed by atoms with Gasteiger partial charge in [-0.2, -0.15) is 0 Å². The lowest BCUT2D eigenvalue weighted by Crippen LogP contribution is -2.30. The molecule has 3 N–H and O–H groups in total. The standard InChI is InChI=1S/C9H12O6/c1-4(10)6(3-7(12)13)8(5(2)11)9(14)15/h3,5,8,11H,1-2H3,(H,12,13)(H,14,15)/b6-3-. The number of aliphatic carboxylic acids is 2. The number of aliphatic hydroxyl groups excluding tert-OH is 1. The topological polar surface area (TPSA) is 112 Å². The van der Waals surface area contributed by atoms with Crippen LogP contribution in [0, 0.1) is 5.92 Å². The highest BCUT2D eigenvalue weighted by molar-refractivity contribution is 6.03. The molecule has 0 aliphatic rings. The predicted molar refractivity (Wildman–Crippen MR) is 49.2 cm³/mol. The molecule has 0 saturated carbocycles. The second kappa shape index (κ2) is 5.26. The Hall–Kier alpha value is -1.69. The van der Waals surface area contributed by atoms with E-state index >= 15 is 0 Å². The summed E-state index contributed by atoms with van der Waals surface area (Å²) in [6, 6.07) is 0. The van der Waals surface area contributed by atoms with Crippen LogP contribution < -0.4 is 0 Å². The second-order valence-electron chi connectivity index (χ2n) is 3.05. The maximum absolute atomic E-state index is 11.0. The van der Waals surface area contributed by atoms with E-state index in [0.717, 1.165) is 6.92 Å². The molecule has 0 radical (unpaired) electrons. The molecule has 0 aliphatic carbocycles. The van der Waals surface area contributed by atoms with Gasteiger partial charge >= 0.3 is 11.9 Å². The Morgan fingerprint density at radius 3 is 1.87 bits per heavy atom. The van der Waals surface area contributed by atoms with Gasteiger partial charge in [0.1, 0.15) is 5.92 Å². The highest BCUT2D eigenvalue weighted by Gasteiger charge is 2.30. The van der Waals surface area contributed by atoms with Crippen molar-refractivity contribution in [2.45, 2.75) is 20.0 Å². The minimum Gasteiger partial charge on any atom is -0.481 e. The van der Waals surface area contributed by atoms with E-state index in [1.54, 1.807) is 0 Å². The fraction of sp³-hybridized carbons (Fsp3) is 0.444. The summed E-state index contributed by atoms with van der Waals surface area (Å²) in [4.78, 5) is 32.1. The summed E-state index contributed by atoms with van der Waals surface area (Å²) < 4.78 is 0. The van der Waals surface area contributed by atoms with E-state index in [9.17, 15) is 14.4 Å². The summed E-state index contributed by atoms with van der Waals surface area (Å²) in [5.41, 5.74) is -0.426. The monoisotopic (exact) mass is 216 g/mol. The van der Waals surface area contributed by atoms with Gasteiger partial charge in [0.25, 0.3) is 0 Å². The van der Waals surface area contributed by atoms with Crippen LogP contribution in [0.1, 0.15) is 13.8 Å². The molecule has 0 aromatic heterocycles. The normalized spacial score (nSPS) is 15.5. The first kappa shape index (κ1) is 13.3. The molecule has 0 heterocycles. The highest BCUT2D eigenvalue weighted by Crippen LogP contribution is 2.17. The average Bonchev–Trinajstić information content (AvgIpc) is 2.00. The van der Waals surface area contributed by atoms with Crippen molar-refractivity contribution >= 4 is 17.7 Å². The van der Waals surface area contributed by atoms with Crippen LogP contribution in [0.2, 0.25) is 0 Å². The first-order valence-electron chi connectivity index (χ1n) is 4.13. The summed E-state index contributed by atoms with van der Waals surface area (Å²) in [5, 5.41) is 26.3. The van der Waals surface area contributed by atoms with Gasteiger partial charge in [-0.25, -0.2) is 4.79 Å². The first-order chi connectivity index (χ1) is 6.77. The van der Waals surface area contributed by atoms with Crippen molar-refractivity contribution < 1.29 is 29.7 Å². The molecule has 0 amide bonds. The third kappa shape index (κ3) is 3.90. The van der Waals surface area contributed by atoms with E-state index in [1.165, 1.54) is 6.92 Å². The number of rotatable bonds is 5. The van der Waals surface area contributed by atoms with Gasteiger partial charge < -0.3 is 15.3 Å². The molecule has 0 spiro atoms. The number of carbonyl (C=O) groups excluding carboxylic acids is 1. The minimum absolute atomic E-state index is 0.426. The summed E-state index contributed by atoms with van der Waals surface area (Å²) in [5.74, 6) is -5.07. The van der Waals surface area contributed by atoms with Gasteiger partial charge in [-0.1, -0.05) is 0 Å². The lowest BCUT2D eigenvalue weighted by Gasteiger charge is -2.16. The predicted octanol–water partition coefficient (Wildman–Crippen LogP) is -0.332. The SMILES string of the molecule is CC(=O)/C(=C/C(=O)O)C(C(=O)O)C(C)O. The quantitative estimate of drug-likeness (QED) is 0.542. The van der Waals surface area contributed by atoms with Crippen LogP contribution in [0.3, 0.4) is 0 Å². The van der Waals surface area contributed by atoms with Gasteiger partial charge in [-0.05, 0) is 13.8 Å². The van der Waals surface area contributed by atoms with Gasteiger partial charge in [0.05, 0.1) is 6.10 Å². The Kier molecular flexibility index (Phi) is 4.66. The van der Waals surface area contributed by atoms with Crippen molar-refractivity contribution in [2.24, 2.45) is 5.92 Å². The van der Waals surface area contributed by atoms with Crippen LogP contribution in [-0.2, 0) is 14.4 Å². The molecule has 84 valence electrons. The zero-order chi connectivity index (χ0) is 12.2. The molecule has 2 atom stereocenters. The van der Waals surface area contributed by atoms with Gasteiger partial charge in [0, 0.05) is 11.6 Å². The number of ketones is 1. The number of Topliss-reactive ketones (excluding diaryl/α,β-unsaturated/α-hetero) is 1. The number of carbonyl (C=O) groups is 3. The maximum Gasteiger partial charge on any atom is 0.328 e. The first-order valence-corrected chi connectivity index (χ1v) is 4.13. The smallest absolute Gasteiger partial charge is 0.328 e. The van der Waals surface area contributed by atoms with Gasteiger partial charge in [0.15, 0.2) is 5.78 Å². The van der Waals surface area contributed by atoms with E-state index in [0.29, 0.717) is 6.08 Å². The van der Waals surface area contributed by atoms with Crippen LogP contribution in [0.5, 0.6) is 0 Å². The van der Waals surface area contributed by atoms with Crippen molar-refractivity contribution in [2.75, 3.05) is 0 Å². The Morgan fingerprint density at radius 2 is 1.67 bits per heavy atom. The van der Waals surface area contributed by atoms with Crippen molar-refractivity contribution in [1.29, 1.82) is 0 Å². The average molecular weight is 216 g/mol. The second-order valence-corrected chi connectivity index (χ2v) is 3.05. The molecule has 6 nitrogen and oxygen atoms in total. The lowest BCUT2D eigenvalue weighted by molar-refractivity contribution is -0.144. The molecule has 2 unspecified atom stereocenters. The van der Waals surface area contributed by atoms with Crippen LogP contribution in [0.4, 0.5) is 0 Å². The fourth-order valence-electron chi connectivity index (χ4n) is 1.14. The summed E-state index contributed by atoms with van der Waals surface area (Å²) in [6.45, 7) is 2.23. The van der Waals surface area contributed by atoms with Crippen molar-refractivity contribution in [1.82, 2.24) is 0 Å². The van der Waals surface area contributed by atoms with Gasteiger partial charge in [-0.3, -0.25) is 9.59 Å². The third-order valence-electron chi connectivity index (χ3n) is 1.77. The molecule has 0 aromatic rings. The highest BCUT2D eigenvalue weighted by atomic mass is 16.4. The molecule has 6 heteroatoms. The Balaban J connectivity index is 5.30. The van der Waals surface area contributed by atoms with E-state index in [2.05, 4.69) is 0 Å². The fourth-order valence-corrected chi connectivity index (χ4v) is 1.14. The van der Waals surface area contributed by atoms with Crippen LogP contribution in [-0.4, -0.2) is 39.1 Å². The van der Waals surface area contributed by atoms with E-state index < -0.39 is 35.3 Å². The number of aliphatic hydroxyl groups is 1. The molecule has 0 fully saturated rings. The largest absolute Gasteiger partial charge is 0.481 e. The Morgan fingerprint density at radius 1 is 1.20 bits per heavy atom. The van der Waals surface area contributed by atoms with E-state index in [1.807, 2.05) is 0 Å². The summed E-state index contributed by atoms with van der Waals surface area (Å²) in [7, 11) is 0. The zero-order valence-electron chi connectivity index (χ0n) is 8.30. The van der Waals surface area contributed by atoms with Gasteiger partial charge in [0.2, 0.25) is 0 Å². The molecular formula is C9H12O6. The Bertz CT molecular complexity index is 315. The molecule has 0 aliphatic heterocycles. The molecular weight excluding hydrogens is 204 g/mol. The number of hydrogen-bond donors (Lipinski definition) is 3. The molecule has 0 aromatic carbocycles. The molecule has 0 rings (SSSR count). The van der Waals surface area contributed by atoms with Crippen molar-refractivity contribution in [3.05, 3.63) is 11.6 Å². The zero-order valence-corrected chi connectivity index (χ0v) is 8.30. The van der Waals surface area contributed by atoms with Crippen LogP contribution in [0.15, 0.2) is 11.6 Å². The van der Waals surface area contributed by atoms with Crippen LogP contribution in [0.25, 0.3) is 0 Å². The maximum atomic E-state index is 11.0. The summed E-state index contributed by atoms with van der Waals surface area (Å²) in [6.07, 6.45) is -0.828. The Labute approximate surface area is 85.8 Å². The van der Waals surface area contributed by atoms with Gasteiger partial charge in [-0.15, -0.1) is 0 Å². The van der Waals surface area contributed by atoms with Crippen LogP contribution >= 0.6 is 0 Å². The number of carboxylic acid groups (broad SMARTS) is 2. The van der Waals surface area contributed by atoms with Crippen molar-refractivity contribution in [3.8, 4) is 0 Å². The lowest BCUT2D eigenvalue weighted by atomic mass is 9.91. The molecule has 15 heavy (non-hydrogen) atoms. The number of carboxylic acids is 2. The van der Waals surface area contributed by atoms with E-state index in [-0.39, 0.29) is 0 Å². The summed E-state index contributed by atoms with van der Waals surface area (Å²) >= 11 is 0. The van der Waals surface area contributed by atoms with Crippen molar-refractivity contribution in [3.63, 3.8) is 0 Å². The third-order valence-corrected chi connectivity index (χ3v) is 1.77. The minimum atomic E-state index is -1.52. The molecule has 0 bridgehead atoms. The number of hydrogen-bond acceptors (Lipinski definition) is 4.